The number of hydrogen-bond acceptors (Lipinski definition) is 3. The number of nitrogens with zero attached hydrogens (tertiary/aromatic N) is 2. The van der Waals surface area contributed by atoms with Gasteiger partial charge in [0.25, 0.3) is 0 Å². The highest BCUT2D eigenvalue weighted by molar-refractivity contribution is 5.88. The fourth-order valence-corrected chi connectivity index (χ4v) is 1.30. The molecule has 1 aromatic rings. The van der Waals surface area contributed by atoms with Crippen molar-refractivity contribution in [2.75, 3.05) is 11.9 Å². The molecule has 18 heavy (non-hydrogen) atoms. The summed E-state index contributed by atoms with van der Waals surface area (Å²) in [5.41, 5.74) is 0.612. The van der Waals surface area contributed by atoms with E-state index in [1.165, 1.54) is 0 Å². The Morgan fingerprint density at radius 3 is 2.83 bits per heavy atom. The quantitative estimate of drug-likeness (QED) is 0.709. The normalized spacial score (nSPS) is 11.9. The van der Waals surface area contributed by atoms with Crippen molar-refractivity contribution < 1.29 is 14.7 Å². The lowest BCUT2D eigenvalue weighted by Crippen LogP contribution is -2.31. The molecule has 0 aromatic carbocycles. The molecule has 0 spiro atoms. The largest absolute Gasteiger partial charge is 0.481 e. The molecular formula is C11H18N4O3. The summed E-state index contributed by atoms with van der Waals surface area (Å²) in [6, 6.07) is -0.358. The van der Waals surface area contributed by atoms with Gasteiger partial charge in [0.15, 0.2) is 0 Å². The zero-order valence-electron chi connectivity index (χ0n) is 10.5. The number of aromatic nitrogens is 2. The predicted molar refractivity (Wildman–Crippen MR) is 66.3 cm³/mol. The van der Waals surface area contributed by atoms with Crippen molar-refractivity contribution in [1.82, 2.24) is 15.1 Å². The predicted octanol–water partition coefficient (Wildman–Crippen LogP) is 1.14. The van der Waals surface area contributed by atoms with Crippen molar-refractivity contribution in [2.24, 2.45) is 5.92 Å². The van der Waals surface area contributed by atoms with E-state index in [-0.39, 0.29) is 6.03 Å². The number of aliphatic carboxylic acids is 1. The third-order valence-corrected chi connectivity index (χ3v) is 2.50. The van der Waals surface area contributed by atoms with Crippen LogP contribution >= 0.6 is 0 Å². The number of urea groups is 1. The molecule has 2 amide bonds. The molecule has 7 heteroatoms. The molecule has 100 valence electrons. The van der Waals surface area contributed by atoms with Crippen LogP contribution in [0.2, 0.25) is 0 Å². The van der Waals surface area contributed by atoms with Crippen molar-refractivity contribution >= 4 is 17.7 Å². The van der Waals surface area contributed by atoms with E-state index >= 15 is 0 Å². The zero-order valence-corrected chi connectivity index (χ0v) is 10.5. The first-order chi connectivity index (χ1) is 8.52. The molecule has 0 fully saturated rings. The second kappa shape index (κ2) is 6.63. The van der Waals surface area contributed by atoms with Gasteiger partial charge in [-0.2, -0.15) is 5.10 Å². The molecule has 1 atom stereocenters. The zero-order chi connectivity index (χ0) is 13.5. The fourth-order valence-electron chi connectivity index (χ4n) is 1.30. The number of carboxylic acids is 1. The number of nitrogens with one attached hydrogen (secondary N) is 2. The molecule has 1 aromatic heterocycles. The number of hydrogen-bond donors (Lipinski definition) is 3. The van der Waals surface area contributed by atoms with E-state index in [0.717, 1.165) is 6.54 Å². The third-order valence-electron chi connectivity index (χ3n) is 2.50. The van der Waals surface area contributed by atoms with Gasteiger partial charge in [-0.25, -0.2) is 4.79 Å². The number of carbonyl (C=O) groups excluding carboxylic acids is 1. The van der Waals surface area contributed by atoms with Crippen LogP contribution in [-0.4, -0.2) is 33.4 Å². The van der Waals surface area contributed by atoms with Crippen LogP contribution in [0.1, 0.15) is 20.3 Å². The maximum Gasteiger partial charge on any atom is 0.319 e. The molecule has 1 unspecified atom stereocenters. The van der Waals surface area contributed by atoms with Crippen molar-refractivity contribution in [1.29, 1.82) is 0 Å². The van der Waals surface area contributed by atoms with Crippen LogP contribution in [-0.2, 0) is 11.3 Å². The van der Waals surface area contributed by atoms with Crippen molar-refractivity contribution in [3.05, 3.63) is 12.4 Å². The molecule has 7 nitrogen and oxygen atoms in total. The van der Waals surface area contributed by atoms with Gasteiger partial charge >= 0.3 is 12.0 Å². The van der Waals surface area contributed by atoms with Crippen LogP contribution in [0.25, 0.3) is 0 Å². The Hall–Kier alpha value is -2.05. The monoisotopic (exact) mass is 254 g/mol. The molecular weight excluding hydrogens is 236 g/mol. The Morgan fingerprint density at radius 1 is 1.56 bits per heavy atom. The van der Waals surface area contributed by atoms with Gasteiger partial charge in [-0.1, -0.05) is 6.92 Å². The van der Waals surface area contributed by atoms with Gasteiger partial charge in [0.2, 0.25) is 0 Å². The summed E-state index contributed by atoms with van der Waals surface area (Å²) >= 11 is 0. The molecule has 0 aliphatic rings. The summed E-state index contributed by atoms with van der Waals surface area (Å²) in [7, 11) is 0. The van der Waals surface area contributed by atoms with E-state index in [1.54, 1.807) is 24.0 Å². The molecule has 1 rings (SSSR count). The minimum Gasteiger partial charge on any atom is -0.481 e. The standard InChI is InChI=1S/C11H18N4O3/c1-3-15-7-9(6-13-15)14-11(18)12-5-4-8(2)10(16)17/h6-8H,3-5H2,1-2H3,(H,16,17)(H2,12,14,18). The van der Waals surface area contributed by atoms with Gasteiger partial charge in [0.1, 0.15) is 0 Å². The number of carboxylic acid groups (broad SMARTS) is 1. The Balaban J connectivity index is 2.27. The Labute approximate surface area is 105 Å². The SMILES string of the molecule is CCn1cc(NC(=O)NCCC(C)C(=O)O)cn1. The van der Waals surface area contributed by atoms with E-state index in [0.29, 0.717) is 18.7 Å². The summed E-state index contributed by atoms with van der Waals surface area (Å²) in [6.07, 6.45) is 3.68. The molecule has 1 heterocycles. The summed E-state index contributed by atoms with van der Waals surface area (Å²) in [5, 5.41) is 17.9. The first kappa shape index (κ1) is 14.0. The topological polar surface area (TPSA) is 96.2 Å². The smallest absolute Gasteiger partial charge is 0.319 e. The van der Waals surface area contributed by atoms with E-state index in [1.807, 2.05) is 6.92 Å². The average molecular weight is 254 g/mol. The molecule has 0 aliphatic carbocycles. The number of amides is 2. The van der Waals surface area contributed by atoms with E-state index < -0.39 is 11.9 Å². The summed E-state index contributed by atoms with van der Waals surface area (Å²) < 4.78 is 1.70. The molecule has 0 saturated heterocycles. The maximum absolute atomic E-state index is 11.5. The van der Waals surface area contributed by atoms with Crippen molar-refractivity contribution in [3.63, 3.8) is 0 Å². The summed E-state index contributed by atoms with van der Waals surface area (Å²) in [4.78, 5) is 22.0. The Bertz CT molecular complexity index is 416. The van der Waals surface area contributed by atoms with Crippen LogP contribution in [0.15, 0.2) is 12.4 Å². The van der Waals surface area contributed by atoms with Crippen LogP contribution in [0.4, 0.5) is 10.5 Å². The van der Waals surface area contributed by atoms with Gasteiger partial charge < -0.3 is 15.7 Å². The molecule has 0 radical (unpaired) electrons. The molecule has 0 aliphatic heterocycles. The van der Waals surface area contributed by atoms with Crippen molar-refractivity contribution in [3.8, 4) is 0 Å². The highest BCUT2D eigenvalue weighted by Gasteiger charge is 2.11. The lowest BCUT2D eigenvalue weighted by atomic mass is 10.1. The van der Waals surface area contributed by atoms with Crippen LogP contribution < -0.4 is 10.6 Å². The summed E-state index contributed by atoms with van der Waals surface area (Å²) in [6.45, 7) is 4.61. The molecule has 0 bridgehead atoms. The van der Waals surface area contributed by atoms with Gasteiger partial charge in [-0.3, -0.25) is 9.48 Å². The minimum absolute atomic E-state index is 0.321. The van der Waals surface area contributed by atoms with E-state index in [2.05, 4.69) is 15.7 Å². The molecule has 3 N–H and O–H groups in total. The van der Waals surface area contributed by atoms with Gasteiger partial charge in [0, 0.05) is 19.3 Å². The average Bonchev–Trinajstić information content (AvgIpc) is 2.76. The van der Waals surface area contributed by atoms with Crippen LogP contribution in [0.3, 0.4) is 0 Å². The second-order valence-electron chi connectivity index (χ2n) is 3.99. The van der Waals surface area contributed by atoms with Crippen LogP contribution in [0.5, 0.6) is 0 Å². The third kappa shape index (κ3) is 4.44. The van der Waals surface area contributed by atoms with Crippen LogP contribution in [0, 0.1) is 5.92 Å². The van der Waals surface area contributed by atoms with Gasteiger partial charge in [-0.15, -0.1) is 0 Å². The highest BCUT2D eigenvalue weighted by atomic mass is 16.4. The van der Waals surface area contributed by atoms with Gasteiger partial charge in [0.05, 0.1) is 17.8 Å². The van der Waals surface area contributed by atoms with Gasteiger partial charge in [-0.05, 0) is 13.3 Å². The Morgan fingerprint density at radius 2 is 2.28 bits per heavy atom. The first-order valence-electron chi connectivity index (χ1n) is 5.83. The van der Waals surface area contributed by atoms with E-state index in [4.69, 9.17) is 5.11 Å². The first-order valence-corrected chi connectivity index (χ1v) is 5.83. The maximum atomic E-state index is 11.5. The molecule has 0 saturated carbocycles. The number of carbonyl (C=O) groups is 2. The second-order valence-corrected chi connectivity index (χ2v) is 3.99. The number of aryl methyl sites for hydroxylation is 1. The lowest BCUT2D eigenvalue weighted by Gasteiger charge is -2.08. The number of anilines is 1. The Kier molecular flexibility index (Phi) is 5.16. The summed E-state index contributed by atoms with van der Waals surface area (Å²) in [5.74, 6) is -1.32. The number of rotatable bonds is 6. The highest BCUT2D eigenvalue weighted by Crippen LogP contribution is 2.04. The van der Waals surface area contributed by atoms with E-state index in [9.17, 15) is 9.59 Å². The minimum atomic E-state index is -0.860. The fraction of sp³-hybridized carbons (Fsp3) is 0.545. The van der Waals surface area contributed by atoms with Crippen molar-refractivity contribution in [2.45, 2.75) is 26.8 Å². The lowest BCUT2D eigenvalue weighted by molar-refractivity contribution is -0.141.